The number of hydrogen-bond donors (Lipinski definition) is 1. The van der Waals surface area contributed by atoms with Gasteiger partial charge in [0.25, 0.3) is 0 Å². The van der Waals surface area contributed by atoms with Gasteiger partial charge in [-0.15, -0.1) is 11.6 Å². The summed E-state index contributed by atoms with van der Waals surface area (Å²) in [7, 11) is -7.33. The molecule has 0 aromatic heterocycles. The maximum Gasteiger partial charge on any atom is 0.242 e. The molecule has 6 nitrogen and oxygen atoms in total. The second-order valence-corrected chi connectivity index (χ2v) is 8.83. The molecule has 1 aliphatic rings. The molecule has 0 bridgehead atoms. The fourth-order valence-corrected chi connectivity index (χ4v) is 6.13. The van der Waals surface area contributed by atoms with E-state index in [1.165, 1.54) is 18.2 Å². The van der Waals surface area contributed by atoms with Crippen molar-refractivity contribution in [3.8, 4) is 6.07 Å². The largest absolute Gasteiger partial charge is 0.242 e. The van der Waals surface area contributed by atoms with Crippen molar-refractivity contribution in [2.75, 3.05) is 11.5 Å². The Morgan fingerprint density at radius 1 is 1.30 bits per heavy atom. The van der Waals surface area contributed by atoms with Gasteiger partial charge in [-0.05, 0) is 12.1 Å². The molecule has 2 unspecified atom stereocenters. The molecule has 0 spiro atoms. The van der Waals surface area contributed by atoms with Gasteiger partial charge >= 0.3 is 0 Å². The van der Waals surface area contributed by atoms with Crippen molar-refractivity contribution in [1.29, 1.82) is 5.26 Å². The Morgan fingerprint density at radius 3 is 2.50 bits per heavy atom. The number of alkyl halides is 1. The first-order valence-corrected chi connectivity index (χ1v) is 9.35. The summed E-state index contributed by atoms with van der Waals surface area (Å²) in [5, 5.41) is 8.10. The molecule has 1 heterocycles. The molecular weight excluding hydrogens is 324 g/mol. The Hall–Kier alpha value is -1.14. The van der Waals surface area contributed by atoms with Crippen LogP contribution in [0.1, 0.15) is 5.56 Å². The molecule has 9 heteroatoms. The van der Waals surface area contributed by atoms with Crippen molar-refractivity contribution in [2.45, 2.75) is 16.3 Å². The summed E-state index contributed by atoms with van der Waals surface area (Å²) in [6, 6.07) is 6.58. The van der Waals surface area contributed by atoms with E-state index in [-0.39, 0.29) is 22.0 Å². The topological polar surface area (TPSA) is 104 Å². The molecule has 2 rings (SSSR count). The highest BCUT2D eigenvalue weighted by Gasteiger charge is 2.39. The van der Waals surface area contributed by atoms with E-state index in [2.05, 4.69) is 4.72 Å². The van der Waals surface area contributed by atoms with Crippen LogP contribution < -0.4 is 4.72 Å². The number of rotatable bonds is 3. The highest BCUT2D eigenvalue weighted by Crippen LogP contribution is 2.21. The quantitative estimate of drug-likeness (QED) is 0.797. The molecule has 0 amide bonds. The molecule has 1 fully saturated rings. The normalized spacial score (nSPS) is 25.2. The second-order valence-electron chi connectivity index (χ2n) is 4.43. The van der Waals surface area contributed by atoms with E-state index in [0.717, 1.165) is 0 Å². The highest BCUT2D eigenvalue weighted by atomic mass is 35.5. The van der Waals surface area contributed by atoms with Crippen molar-refractivity contribution in [1.82, 2.24) is 4.72 Å². The Morgan fingerprint density at radius 2 is 1.95 bits per heavy atom. The summed E-state index contributed by atoms with van der Waals surface area (Å²) in [5.74, 6) is -0.600. The summed E-state index contributed by atoms with van der Waals surface area (Å²) in [6.45, 7) is 0. The number of nitrogens with one attached hydrogen (secondary N) is 1. The van der Waals surface area contributed by atoms with Crippen LogP contribution in [0.2, 0.25) is 0 Å². The van der Waals surface area contributed by atoms with Crippen LogP contribution in [0, 0.1) is 11.3 Å². The lowest BCUT2D eigenvalue weighted by atomic mass is 10.2. The molecule has 0 saturated carbocycles. The molecule has 1 aliphatic heterocycles. The van der Waals surface area contributed by atoms with Crippen LogP contribution in [0.25, 0.3) is 0 Å². The number of nitriles is 1. The van der Waals surface area contributed by atoms with Gasteiger partial charge in [-0.2, -0.15) is 5.26 Å². The van der Waals surface area contributed by atoms with Gasteiger partial charge in [-0.25, -0.2) is 21.6 Å². The first-order chi connectivity index (χ1) is 9.25. The molecule has 108 valence electrons. The molecule has 1 N–H and O–H groups in total. The van der Waals surface area contributed by atoms with Crippen LogP contribution >= 0.6 is 11.6 Å². The van der Waals surface area contributed by atoms with Crippen molar-refractivity contribution < 1.29 is 16.8 Å². The van der Waals surface area contributed by atoms with Gasteiger partial charge in [0.1, 0.15) is 6.07 Å². The summed E-state index contributed by atoms with van der Waals surface area (Å²) in [6.07, 6.45) is 0. The Balaban J connectivity index is 2.32. The Labute approximate surface area is 122 Å². The van der Waals surface area contributed by atoms with Gasteiger partial charge < -0.3 is 0 Å². The number of halogens is 1. The van der Waals surface area contributed by atoms with Crippen LogP contribution in [-0.2, 0) is 19.9 Å². The van der Waals surface area contributed by atoms with Crippen molar-refractivity contribution >= 4 is 31.5 Å². The van der Waals surface area contributed by atoms with Crippen LogP contribution in [0.3, 0.4) is 0 Å². The maximum atomic E-state index is 12.2. The summed E-state index contributed by atoms with van der Waals surface area (Å²) >= 11 is 5.86. The minimum Gasteiger partial charge on any atom is -0.229 e. The van der Waals surface area contributed by atoms with E-state index in [1.807, 2.05) is 0 Å². The second kappa shape index (κ2) is 5.33. The molecule has 1 aromatic carbocycles. The van der Waals surface area contributed by atoms with Gasteiger partial charge in [-0.1, -0.05) is 12.1 Å². The van der Waals surface area contributed by atoms with Gasteiger partial charge in [0, 0.05) is 0 Å². The molecule has 0 aliphatic carbocycles. The third-order valence-electron chi connectivity index (χ3n) is 2.89. The molecule has 0 radical (unpaired) electrons. The molecule has 1 aromatic rings. The predicted molar refractivity (Wildman–Crippen MR) is 73.6 cm³/mol. The average molecular weight is 335 g/mol. The fourth-order valence-electron chi connectivity index (χ4n) is 1.97. The average Bonchev–Trinajstić information content (AvgIpc) is 2.61. The van der Waals surface area contributed by atoms with Gasteiger partial charge in [0.2, 0.25) is 10.0 Å². The monoisotopic (exact) mass is 334 g/mol. The predicted octanol–water partition coefficient (Wildman–Crippen LogP) is 0.241. The molecule has 2 atom stereocenters. The smallest absolute Gasteiger partial charge is 0.229 e. The molecular formula is C11H11ClN2O4S2. The van der Waals surface area contributed by atoms with Crippen LogP contribution in [0.5, 0.6) is 0 Å². The van der Waals surface area contributed by atoms with E-state index < -0.39 is 31.3 Å². The summed E-state index contributed by atoms with van der Waals surface area (Å²) in [5.41, 5.74) is -0.00743. The number of hydrogen-bond acceptors (Lipinski definition) is 5. The Kier molecular flexibility index (Phi) is 4.07. The van der Waals surface area contributed by atoms with E-state index in [0.29, 0.717) is 0 Å². The summed E-state index contributed by atoms with van der Waals surface area (Å²) < 4.78 is 49.5. The van der Waals surface area contributed by atoms with Crippen LogP contribution in [0.4, 0.5) is 0 Å². The zero-order valence-electron chi connectivity index (χ0n) is 10.2. The van der Waals surface area contributed by atoms with Crippen molar-refractivity contribution in [2.24, 2.45) is 0 Å². The third-order valence-corrected chi connectivity index (χ3v) is 6.81. The molecule has 20 heavy (non-hydrogen) atoms. The zero-order chi connectivity index (χ0) is 15.0. The lowest BCUT2D eigenvalue weighted by Crippen LogP contribution is -2.40. The minimum absolute atomic E-state index is 0.00743. The maximum absolute atomic E-state index is 12.2. The summed E-state index contributed by atoms with van der Waals surface area (Å²) in [4.78, 5) is -0.185. The van der Waals surface area contributed by atoms with Crippen molar-refractivity contribution in [3.05, 3.63) is 29.8 Å². The van der Waals surface area contributed by atoms with Gasteiger partial charge in [0.15, 0.2) is 9.84 Å². The van der Waals surface area contributed by atoms with Gasteiger partial charge in [0.05, 0.1) is 33.4 Å². The number of benzene rings is 1. The number of sulfone groups is 1. The lowest BCUT2D eigenvalue weighted by molar-refractivity contribution is 0.563. The third kappa shape index (κ3) is 3.12. The molecule has 1 saturated heterocycles. The van der Waals surface area contributed by atoms with Crippen LogP contribution in [0.15, 0.2) is 29.2 Å². The number of sulfonamides is 1. The Bertz CT molecular complexity index is 768. The zero-order valence-corrected chi connectivity index (χ0v) is 12.5. The van der Waals surface area contributed by atoms with E-state index in [1.54, 1.807) is 12.1 Å². The van der Waals surface area contributed by atoms with E-state index >= 15 is 0 Å². The highest BCUT2D eigenvalue weighted by molar-refractivity contribution is 7.92. The number of nitrogens with zero attached hydrogens (tertiary/aromatic N) is 1. The first kappa shape index (κ1) is 15.3. The standard InChI is InChI=1S/C11H11ClN2O4S2/c12-9-6-19(15,16)7-10(9)14-20(17,18)11-4-2-1-3-8(11)5-13/h1-4,9-10,14H,6-7H2. The van der Waals surface area contributed by atoms with Gasteiger partial charge in [-0.3, -0.25) is 0 Å². The fraction of sp³-hybridized carbons (Fsp3) is 0.364. The van der Waals surface area contributed by atoms with Crippen LogP contribution in [-0.4, -0.2) is 39.8 Å². The van der Waals surface area contributed by atoms with Crippen molar-refractivity contribution in [3.63, 3.8) is 0 Å². The SMILES string of the molecule is N#Cc1ccccc1S(=O)(=O)NC1CS(=O)(=O)CC1Cl. The van der Waals surface area contributed by atoms with E-state index in [9.17, 15) is 16.8 Å². The first-order valence-electron chi connectivity index (χ1n) is 5.61. The lowest BCUT2D eigenvalue weighted by Gasteiger charge is -2.15. The minimum atomic E-state index is -3.99. The van der Waals surface area contributed by atoms with E-state index in [4.69, 9.17) is 16.9 Å².